The number of benzene rings is 1. The van der Waals surface area contributed by atoms with E-state index < -0.39 is 17.7 Å². The van der Waals surface area contributed by atoms with Crippen molar-refractivity contribution in [2.24, 2.45) is 0 Å². The van der Waals surface area contributed by atoms with Crippen LogP contribution in [-0.2, 0) is 4.79 Å². The molecule has 0 saturated carbocycles. The van der Waals surface area contributed by atoms with Crippen molar-refractivity contribution in [1.82, 2.24) is 19.6 Å². The van der Waals surface area contributed by atoms with Crippen molar-refractivity contribution >= 4 is 52.3 Å². The molecule has 1 fully saturated rings. The molecular weight excluding hydrogens is 502 g/mol. The Bertz CT molecular complexity index is 1160. The Balaban J connectivity index is 1.37. The molecule has 2 aliphatic rings. The summed E-state index contributed by atoms with van der Waals surface area (Å²) in [6, 6.07) is 7.91. The maximum atomic E-state index is 13.2. The summed E-state index contributed by atoms with van der Waals surface area (Å²) in [5, 5.41) is 2.70. The molecule has 3 heterocycles. The van der Waals surface area contributed by atoms with Crippen molar-refractivity contribution in [3.63, 3.8) is 0 Å². The zero-order valence-corrected chi connectivity index (χ0v) is 22.0. The molecule has 4 amide bonds. The van der Waals surface area contributed by atoms with Gasteiger partial charge in [-0.3, -0.25) is 29.0 Å². The molecule has 4 rings (SSSR count). The number of piperazine rings is 1. The summed E-state index contributed by atoms with van der Waals surface area (Å²) in [4.78, 5) is 59.5. The smallest absolute Gasteiger partial charge is 0.265 e. The largest absolute Gasteiger partial charge is 0.339 e. The van der Waals surface area contributed by atoms with Crippen molar-refractivity contribution in [2.45, 2.75) is 13.8 Å². The lowest BCUT2D eigenvalue weighted by Crippen LogP contribution is -2.52. The number of amides is 4. The molecule has 0 unspecified atom stereocenters. The number of hydrogen-bond donors (Lipinski definition) is 1. The third kappa shape index (κ3) is 5.62. The van der Waals surface area contributed by atoms with Crippen LogP contribution in [0.4, 0.5) is 5.69 Å². The van der Waals surface area contributed by atoms with E-state index in [-0.39, 0.29) is 29.3 Å². The monoisotopic (exact) mass is 531 g/mol. The van der Waals surface area contributed by atoms with Gasteiger partial charge in [0.05, 0.1) is 26.0 Å². The zero-order valence-electron chi connectivity index (χ0n) is 20.5. The van der Waals surface area contributed by atoms with E-state index in [4.69, 9.17) is 11.6 Å². The number of nitrogens with zero attached hydrogens (tertiary/aromatic N) is 4. The van der Waals surface area contributed by atoms with Gasteiger partial charge in [-0.2, -0.15) is 0 Å². The van der Waals surface area contributed by atoms with Gasteiger partial charge in [0.15, 0.2) is 0 Å². The first-order valence-electron chi connectivity index (χ1n) is 12.1. The number of hydrogen-bond acceptors (Lipinski definition) is 7. The Labute approximate surface area is 219 Å². The van der Waals surface area contributed by atoms with Gasteiger partial charge in [-0.15, -0.1) is 11.3 Å². The molecule has 1 aromatic carbocycles. The Hall–Kier alpha value is -2.79. The number of fused-ring (bicyclic) bond motifs is 1. The van der Waals surface area contributed by atoms with Crippen LogP contribution in [0.1, 0.15) is 44.2 Å². The summed E-state index contributed by atoms with van der Waals surface area (Å²) in [6.07, 6.45) is 0. The van der Waals surface area contributed by atoms with Gasteiger partial charge in [0.25, 0.3) is 17.7 Å². The van der Waals surface area contributed by atoms with Crippen molar-refractivity contribution in [3.8, 4) is 0 Å². The summed E-state index contributed by atoms with van der Waals surface area (Å²) in [5.74, 6) is -1.79. The number of halogens is 1. The normalized spacial score (nSPS) is 16.1. The van der Waals surface area contributed by atoms with Crippen LogP contribution in [0.15, 0.2) is 30.3 Å². The van der Waals surface area contributed by atoms with Crippen LogP contribution >= 0.6 is 22.9 Å². The van der Waals surface area contributed by atoms with Gasteiger partial charge in [-0.05, 0) is 37.4 Å². The minimum absolute atomic E-state index is 0.104. The number of thiophene rings is 1. The third-order valence-electron chi connectivity index (χ3n) is 6.69. The first-order valence-corrected chi connectivity index (χ1v) is 13.3. The number of imide groups is 1. The standard InChI is InChI=1S/C25H30ClN5O4S/c1-3-28(4-2)10-11-29-12-14-30(15-13-29)21(32)16-31-24(34)17-6-5-7-18(22(17)25(31)35)27-23(33)19-8-9-20(26)36-19/h5-9H,3-4,10-16H2,1-2H3,(H,27,33). The van der Waals surface area contributed by atoms with Gasteiger partial charge >= 0.3 is 0 Å². The highest BCUT2D eigenvalue weighted by atomic mass is 35.5. The van der Waals surface area contributed by atoms with Crippen LogP contribution in [0, 0.1) is 0 Å². The Morgan fingerprint density at radius 3 is 2.39 bits per heavy atom. The van der Waals surface area contributed by atoms with Crippen LogP contribution in [0.5, 0.6) is 0 Å². The molecule has 0 atom stereocenters. The zero-order chi connectivity index (χ0) is 25.8. The highest BCUT2D eigenvalue weighted by molar-refractivity contribution is 7.18. The highest BCUT2D eigenvalue weighted by Gasteiger charge is 2.39. The second-order valence-electron chi connectivity index (χ2n) is 8.73. The SMILES string of the molecule is CCN(CC)CCN1CCN(C(=O)CN2C(=O)c3cccc(NC(=O)c4ccc(Cl)s4)c3C2=O)CC1. The molecular formula is C25H30ClN5O4S. The van der Waals surface area contributed by atoms with E-state index in [1.165, 1.54) is 6.07 Å². The van der Waals surface area contributed by atoms with Gasteiger partial charge in [0.2, 0.25) is 5.91 Å². The first kappa shape index (κ1) is 26.3. The highest BCUT2D eigenvalue weighted by Crippen LogP contribution is 2.30. The molecule has 1 aromatic heterocycles. The molecule has 0 bridgehead atoms. The van der Waals surface area contributed by atoms with E-state index in [9.17, 15) is 19.2 Å². The molecule has 192 valence electrons. The second kappa shape index (κ2) is 11.5. The Kier molecular flexibility index (Phi) is 8.40. The molecule has 11 heteroatoms. The number of nitrogens with one attached hydrogen (secondary N) is 1. The van der Waals surface area contributed by atoms with Crippen LogP contribution in [-0.4, -0.2) is 102 Å². The molecule has 1 N–H and O–H groups in total. The fourth-order valence-electron chi connectivity index (χ4n) is 4.48. The molecule has 0 spiro atoms. The predicted octanol–water partition coefficient (Wildman–Crippen LogP) is 2.74. The topological polar surface area (TPSA) is 93.3 Å². The third-order valence-corrected chi connectivity index (χ3v) is 7.92. The fourth-order valence-corrected chi connectivity index (χ4v) is 5.42. The molecule has 2 aliphatic heterocycles. The molecule has 36 heavy (non-hydrogen) atoms. The first-order chi connectivity index (χ1) is 17.3. The van der Waals surface area contributed by atoms with Crippen molar-refractivity contribution in [1.29, 1.82) is 0 Å². The fraction of sp³-hybridized carbons (Fsp3) is 0.440. The van der Waals surface area contributed by atoms with Gasteiger partial charge in [0.1, 0.15) is 6.54 Å². The van der Waals surface area contributed by atoms with Crippen molar-refractivity contribution < 1.29 is 19.2 Å². The van der Waals surface area contributed by atoms with Crippen LogP contribution in [0.25, 0.3) is 0 Å². The lowest BCUT2D eigenvalue weighted by Gasteiger charge is -2.36. The molecule has 0 radical (unpaired) electrons. The summed E-state index contributed by atoms with van der Waals surface area (Å²) in [5.41, 5.74) is 0.515. The van der Waals surface area contributed by atoms with E-state index in [0.29, 0.717) is 22.3 Å². The van der Waals surface area contributed by atoms with E-state index in [2.05, 4.69) is 29.0 Å². The number of likely N-dealkylation sites (N-methyl/N-ethyl adjacent to an activating group) is 1. The second-order valence-corrected chi connectivity index (χ2v) is 10.4. The maximum Gasteiger partial charge on any atom is 0.265 e. The van der Waals surface area contributed by atoms with Crippen molar-refractivity contribution in [2.75, 3.05) is 64.2 Å². The summed E-state index contributed by atoms with van der Waals surface area (Å²) in [7, 11) is 0. The lowest BCUT2D eigenvalue weighted by molar-refractivity contribution is -0.133. The summed E-state index contributed by atoms with van der Waals surface area (Å²) >= 11 is 7.03. The van der Waals surface area contributed by atoms with E-state index in [1.54, 1.807) is 29.2 Å². The minimum atomic E-state index is -0.582. The molecule has 0 aliphatic carbocycles. The Morgan fingerprint density at radius 1 is 1.03 bits per heavy atom. The van der Waals surface area contributed by atoms with Gasteiger partial charge in [-0.1, -0.05) is 31.5 Å². The van der Waals surface area contributed by atoms with Gasteiger partial charge in [-0.25, -0.2) is 0 Å². The van der Waals surface area contributed by atoms with Gasteiger partial charge < -0.3 is 15.1 Å². The number of carbonyl (C=O) groups is 4. The van der Waals surface area contributed by atoms with Crippen LogP contribution in [0.2, 0.25) is 4.34 Å². The Morgan fingerprint density at radius 2 is 1.75 bits per heavy atom. The number of anilines is 1. The quantitative estimate of drug-likeness (QED) is 0.500. The molecule has 2 aromatic rings. The van der Waals surface area contributed by atoms with E-state index in [1.807, 2.05) is 0 Å². The van der Waals surface area contributed by atoms with Crippen LogP contribution in [0.3, 0.4) is 0 Å². The maximum absolute atomic E-state index is 13.2. The minimum Gasteiger partial charge on any atom is -0.339 e. The van der Waals surface area contributed by atoms with E-state index >= 15 is 0 Å². The summed E-state index contributed by atoms with van der Waals surface area (Å²) < 4.78 is 0.471. The van der Waals surface area contributed by atoms with Crippen molar-refractivity contribution in [3.05, 3.63) is 50.7 Å². The predicted molar refractivity (Wildman–Crippen MR) is 140 cm³/mol. The molecule has 1 saturated heterocycles. The van der Waals surface area contributed by atoms with Gasteiger partial charge in [0, 0.05) is 39.3 Å². The average molecular weight is 532 g/mol. The van der Waals surface area contributed by atoms with Crippen LogP contribution < -0.4 is 5.32 Å². The number of rotatable bonds is 9. The number of carbonyl (C=O) groups excluding carboxylic acids is 4. The lowest BCUT2D eigenvalue weighted by atomic mass is 10.1. The van der Waals surface area contributed by atoms with E-state index in [0.717, 1.165) is 55.5 Å². The molecule has 9 nitrogen and oxygen atoms in total. The average Bonchev–Trinajstić information content (AvgIpc) is 3.42. The summed E-state index contributed by atoms with van der Waals surface area (Å²) in [6.45, 7) is 10.6.